The molecule has 0 radical (unpaired) electrons. The molecule has 1 heterocycles. The van der Waals surface area contributed by atoms with Gasteiger partial charge in [-0.05, 0) is 36.8 Å². The van der Waals surface area contributed by atoms with Crippen LogP contribution in [0.2, 0.25) is 0 Å². The zero-order chi connectivity index (χ0) is 13.9. The summed E-state index contributed by atoms with van der Waals surface area (Å²) in [4.78, 5) is 0. The first-order chi connectivity index (χ1) is 9.72. The Balaban J connectivity index is 1.86. The molecule has 0 aliphatic carbocycles. The maximum atomic E-state index is 5.73. The van der Waals surface area contributed by atoms with Gasteiger partial charge in [-0.3, -0.25) is 0 Å². The van der Waals surface area contributed by atoms with Gasteiger partial charge in [-0.25, -0.2) is 0 Å². The average Bonchev–Trinajstić information content (AvgIpc) is 2.43. The van der Waals surface area contributed by atoms with Crippen LogP contribution in [0.4, 0.5) is 5.69 Å². The van der Waals surface area contributed by atoms with Gasteiger partial charge in [0.05, 0.1) is 0 Å². The van der Waals surface area contributed by atoms with Crippen LogP contribution in [0.5, 0.6) is 23.0 Å². The van der Waals surface area contributed by atoms with Crippen LogP contribution in [0.1, 0.15) is 5.56 Å². The topological polar surface area (TPSA) is 62.9 Å². The molecule has 2 aromatic rings. The smallest absolute Gasteiger partial charge is 0.231 e. The van der Waals surface area contributed by atoms with Crippen molar-refractivity contribution in [1.29, 1.82) is 0 Å². The van der Waals surface area contributed by atoms with Crippen LogP contribution in [0.15, 0.2) is 36.4 Å². The van der Waals surface area contributed by atoms with Crippen molar-refractivity contribution < 1.29 is 18.9 Å². The maximum Gasteiger partial charge on any atom is 0.231 e. The summed E-state index contributed by atoms with van der Waals surface area (Å²) in [6, 6.07) is 10.9. The lowest BCUT2D eigenvalue weighted by atomic mass is 10.2. The first kappa shape index (κ1) is 12.5. The molecule has 0 amide bonds. The van der Waals surface area contributed by atoms with E-state index >= 15 is 0 Å². The minimum absolute atomic E-state index is 0.0552. The predicted molar refractivity (Wildman–Crippen MR) is 74.3 cm³/mol. The fourth-order valence-corrected chi connectivity index (χ4v) is 1.92. The number of hydrogen-bond acceptors (Lipinski definition) is 5. The largest absolute Gasteiger partial charge is 0.454 e. The van der Waals surface area contributed by atoms with Crippen LogP contribution >= 0.6 is 0 Å². The van der Waals surface area contributed by atoms with Crippen molar-refractivity contribution in [3.05, 3.63) is 42.0 Å². The highest BCUT2D eigenvalue weighted by atomic mass is 16.7. The zero-order valence-electron chi connectivity index (χ0n) is 11.1. The standard InChI is InChI=1S/C15H15NO4/c1-10-2-4-12-14(6-10)19-9-20-15-7-11(16)3-5-13(15)18-8-17-12/h2-7H,8-9,16H2,1H3. The van der Waals surface area contributed by atoms with Gasteiger partial charge in [0.25, 0.3) is 0 Å². The van der Waals surface area contributed by atoms with E-state index in [0.29, 0.717) is 28.7 Å². The normalized spacial score (nSPS) is 13.7. The van der Waals surface area contributed by atoms with Gasteiger partial charge in [-0.15, -0.1) is 0 Å². The third-order valence-electron chi connectivity index (χ3n) is 2.92. The summed E-state index contributed by atoms with van der Waals surface area (Å²) in [5.41, 5.74) is 7.41. The molecule has 0 saturated carbocycles. The Labute approximate surface area is 116 Å². The molecule has 0 unspecified atom stereocenters. The van der Waals surface area contributed by atoms with Crippen molar-refractivity contribution in [2.24, 2.45) is 0 Å². The monoisotopic (exact) mass is 273 g/mol. The van der Waals surface area contributed by atoms with E-state index in [4.69, 9.17) is 24.7 Å². The summed E-state index contributed by atoms with van der Waals surface area (Å²) in [6.45, 7) is 2.11. The van der Waals surface area contributed by atoms with Gasteiger partial charge in [0, 0.05) is 11.8 Å². The van der Waals surface area contributed by atoms with Crippen LogP contribution in [-0.4, -0.2) is 13.6 Å². The Hall–Kier alpha value is -2.56. The molecule has 5 heteroatoms. The summed E-state index contributed by atoms with van der Waals surface area (Å²) in [5, 5.41) is 0. The van der Waals surface area contributed by atoms with Gasteiger partial charge in [0.1, 0.15) is 0 Å². The van der Waals surface area contributed by atoms with Gasteiger partial charge in [0.2, 0.25) is 13.6 Å². The molecule has 5 nitrogen and oxygen atoms in total. The molecule has 1 aliphatic heterocycles. The van der Waals surface area contributed by atoms with Crippen LogP contribution in [0, 0.1) is 6.92 Å². The van der Waals surface area contributed by atoms with Crippen LogP contribution < -0.4 is 24.7 Å². The number of fused-ring (bicyclic) bond motifs is 2. The van der Waals surface area contributed by atoms with E-state index < -0.39 is 0 Å². The highest BCUT2D eigenvalue weighted by Gasteiger charge is 2.12. The average molecular weight is 273 g/mol. The molecule has 2 N–H and O–H groups in total. The lowest BCUT2D eigenvalue weighted by Gasteiger charge is -2.18. The van der Waals surface area contributed by atoms with Crippen LogP contribution in [0.25, 0.3) is 0 Å². The molecule has 0 saturated heterocycles. The van der Waals surface area contributed by atoms with E-state index in [1.54, 1.807) is 18.2 Å². The predicted octanol–water partition coefficient (Wildman–Crippen LogP) is 2.72. The van der Waals surface area contributed by atoms with E-state index in [1.165, 1.54) is 0 Å². The molecular weight excluding hydrogens is 258 g/mol. The van der Waals surface area contributed by atoms with Crippen molar-refractivity contribution in [1.82, 2.24) is 0 Å². The second-order valence-corrected chi connectivity index (χ2v) is 4.47. The molecule has 2 aromatic carbocycles. The van der Waals surface area contributed by atoms with Crippen molar-refractivity contribution >= 4 is 5.69 Å². The third kappa shape index (κ3) is 2.56. The highest BCUT2D eigenvalue weighted by molar-refractivity contribution is 5.52. The summed E-state index contributed by atoms with van der Waals surface area (Å²) in [6.07, 6.45) is 0. The van der Waals surface area contributed by atoms with E-state index in [0.717, 1.165) is 5.56 Å². The highest BCUT2D eigenvalue weighted by Crippen LogP contribution is 2.33. The van der Waals surface area contributed by atoms with E-state index in [9.17, 15) is 0 Å². The quantitative estimate of drug-likeness (QED) is 0.748. The van der Waals surface area contributed by atoms with Crippen molar-refractivity contribution in [3.63, 3.8) is 0 Å². The summed E-state index contributed by atoms with van der Waals surface area (Å²) < 4.78 is 22.3. The molecule has 20 heavy (non-hydrogen) atoms. The van der Waals surface area contributed by atoms with Crippen LogP contribution in [-0.2, 0) is 0 Å². The Kier molecular flexibility index (Phi) is 3.25. The summed E-state index contributed by atoms with van der Waals surface area (Å²) in [5.74, 6) is 2.35. The molecule has 104 valence electrons. The number of nitrogen functional groups attached to an aromatic ring is 1. The number of hydrogen-bond donors (Lipinski definition) is 1. The first-order valence-corrected chi connectivity index (χ1v) is 6.24. The number of anilines is 1. The first-order valence-electron chi connectivity index (χ1n) is 6.24. The van der Waals surface area contributed by atoms with Gasteiger partial charge in [-0.2, -0.15) is 0 Å². The minimum Gasteiger partial charge on any atom is -0.454 e. The Bertz CT molecular complexity index is 574. The van der Waals surface area contributed by atoms with Crippen LogP contribution in [0.3, 0.4) is 0 Å². The summed E-state index contributed by atoms with van der Waals surface area (Å²) >= 11 is 0. The lowest BCUT2D eigenvalue weighted by Crippen LogP contribution is -2.13. The number of rotatable bonds is 0. The van der Waals surface area contributed by atoms with E-state index in [-0.39, 0.29) is 13.6 Å². The number of aryl methyl sites for hydroxylation is 1. The lowest BCUT2D eigenvalue weighted by molar-refractivity contribution is 0.0723. The Morgan fingerprint density at radius 1 is 0.750 bits per heavy atom. The molecule has 0 bridgehead atoms. The zero-order valence-corrected chi connectivity index (χ0v) is 11.1. The van der Waals surface area contributed by atoms with Crippen molar-refractivity contribution in [3.8, 4) is 23.0 Å². The van der Waals surface area contributed by atoms with Gasteiger partial charge < -0.3 is 24.7 Å². The fourth-order valence-electron chi connectivity index (χ4n) is 1.92. The summed E-state index contributed by atoms with van der Waals surface area (Å²) in [7, 11) is 0. The van der Waals surface area contributed by atoms with Crippen molar-refractivity contribution in [2.75, 3.05) is 19.3 Å². The molecular formula is C15H15NO4. The van der Waals surface area contributed by atoms with E-state index in [2.05, 4.69) is 0 Å². The Morgan fingerprint density at radius 3 is 2.00 bits per heavy atom. The van der Waals surface area contributed by atoms with E-state index in [1.807, 2.05) is 25.1 Å². The second kappa shape index (κ2) is 5.21. The molecule has 0 spiro atoms. The van der Waals surface area contributed by atoms with Gasteiger partial charge >= 0.3 is 0 Å². The maximum absolute atomic E-state index is 5.73. The molecule has 3 rings (SSSR count). The van der Waals surface area contributed by atoms with Crippen molar-refractivity contribution in [2.45, 2.75) is 6.92 Å². The Morgan fingerprint density at radius 2 is 1.30 bits per heavy atom. The number of nitrogens with two attached hydrogens (primary N) is 1. The van der Waals surface area contributed by atoms with Gasteiger partial charge in [-0.1, -0.05) is 6.07 Å². The minimum atomic E-state index is 0.0552. The SMILES string of the molecule is Cc1ccc2c(c1)OCOc1cc(N)ccc1OCO2. The molecule has 1 aliphatic rings. The fraction of sp³-hybridized carbons (Fsp3) is 0.200. The van der Waals surface area contributed by atoms with Gasteiger partial charge in [0.15, 0.2) is 23.0 Å². The number of benzene rings is 2. The molecule has 0 aromatic heterocycles. The molecule has 0 atom stereocenters. The number of ether oxygens (including phenoxy) is 4. The molecule has 0 fully saturated rings. The second-order valence-electron chi connectivity index (χ2n) is 4.47. The third-order valence-corrected chi connectivity index (χ3v) is 2.92.